The van der Waals surface area contributed by atoms with Gasteiger partial charge in [-0.15, -0.1) is 0 Å². The topological polar surface area (TPSA) is 18.5 Å². The molecule has 0 unspecified atom stereocenters. The third-order valence-electron chi connectivity index (χ3n) is 5.23. The third kappa shape index (κ3) is 5.96. The summed E-state index contributed by atoms with van der Waals surface area (Å²) < 4.78 is 52.8. The van der Waals surface area contributed by atoms with Gasteiger partial charge in [0.15, 0.2) is 11.6 Å². The van der Waals surface area contributed by atoms with Gasteiger partial charge < -0.3 is 9.47 Å². The molecule has 0 atom stereocenters. The number of hydrogen-bond donors (Lipinski definition) is 0. The zero-order valence-corrected chi connectivity index (χ0v) is 15.5. The van der Waals surface area contributed by atoms with Gasteiger partial charge in [0.25, 0.3) is 5.92 Å². The highest BCUT2D eigenvalue weighted by Gasteiger charge is 2.40. The van der Waals surface area contributed by atoms with Gasteiger partial charge in [-0.3, -0.25) is 0 Å². The molecule has 0 spiro atoms. The number of alkyl halides is 2. The van der Waals surface area contributed by atoms with Crippen molar-refractivity contribution in [1.82, 2.24) is 0 Å². The molecule has 1 aromatic carbocycles. The number of hydrogen-bond acceptors (Lipinski definition) is 2. The van der Waals surface area contributed by atoms with Crippen LogP contribution in [-0.4, -0.2) is 12.5 Å². The Balaban J connectivity index is 1.77. The number of rotatable bonds is 10. The van der Waals surface area contributed by atoms with Gasteiger partial charge in [0.1, 0.15) is 5.75 Å². The maximum absolute atomic E-state index is 14.4. The van der Waals surface area contributed by atoms with Gasteiger partial charge in [0.2, 0.25) is 0 Å². The van der Waals surface area contributed by atoms with Crippen LogP contribution in [0.3, 0.4) is 0 Å². The van der Waals surface area contributed by atoms with Crippen LogP contribution in [0.5, 0.6) is 11.5 Å². The molecule has 2 nitrogen and oxygen atoms in total. The van der Waals surface area contributed by atoms with Gasteiger partial charge in [0.05, 0.1) is 12.9 Å². The monoisotopic (exact) mass is 370 g/mol. The summed E-state index contributed by atoms with van der Waals surface area (Å²) in [6.07, 6.45) is 7.26. The Kier molecular flexibility index (Phi) is 7.85. The zero-order chi connectivity index (χ0) is 19.0. The summed E-state index contributed by atoms with van der Waals surface area (Å²) in [7, 11) is 0. The van der Waals surface area contributed by atoms with Gasteiger partial charge in [-0.1, -0.05) is 32.8 Å². The van der Waals surface area contributed by atoms with Gasteiger partial charge in [-0.05, 0) is 43.7 Å². The first-order valence-corrected chi connectivity index (χ1v) is 9.54. The molecule has 0 saturated heterocycles. The molecule has 146 valence electrons. The lowest BCUT2D eigenvalue weighted by Crippen LogP contribution is -2.33. The van der Waals surface area contributed by atoms with Crippen LogP contribution in [0.1, 0.15) is 58.3 Å². The van der Waals surface area contributed by atoms with E-state index in [1.54, 1.807) is 0 Å². The van der Waals surface area contributed by atoms with Crippen molar-refractivity contribution >= 4 is 0 Å². The van der Waals surface area contributed by atoms with E-state index < -0.39 is 17.7 Å². The van der Waals surface area contributed by atoms with Crippen molar-refractivity contribution < 1.29 is 22.6 Å². The summed E-state index contributed by atoms with van der Waals surface area (Å²) in [6, 6.07) is 4.02. The van der Waals surface area contributed by atoms with Crippen molar-refractivity contribution in [3.8, 4) is 11.5 Å². The van der Waals surface area contributed by atoms with Gasteiger partial charge in [-0.2, -0.15) is 0 Å². The van der Waals surface area contributed by atoms with Gasteiger partial charge >= 0.3 is 0 Å². The number of benzene rings is 1. The molecule has 26 heavy (non-hydrogen) atoms. The summed E-state index contributed by atoms with van der Waals surface area (Å²) in [4.78, 5) is 0. The molecule has 0 radical (unpaired) electrons. The second-order valence-electron chi connectivity index (χ2n) is 7.10. The minimum absolute atomic E-state index is 0.0255. The molecule has 0 N–H and O–H groups in total. The molecule has 0 amide bonds. The number of unbranched alkanes of at least 4 members (excludes halogenated alkanes) is 1. The Labute approximate surface area is 154 Å². The zero-order valence-electron chi connectivity index (χ0n) is 15.5. The molecule has 1 aromatic rings. The molecule has 0 aromatic heterocycles. The van der Waals surface area contributed by atoms with Crippen LogP contribution >= 0.6 is 0 Å². The lowest BCUT2D eigenvalue weighted by atomic mass is 9.76. The highest BCUT2D eigenvalue weighted by molar-refractivity contribution is 5.33. The van der Waals surface area contributed by atoms with Crippen LogP contribution in [0.2, 0.25) is 0 Å². The molecular weight excluding hydrogens is 341 g/mol. The van der Waals surface area contributed by atoms with E-state index in [4.69, 9.17) is 9.47 Å². The quantitative estimate of drug-likeness (QED) is 0.424. The largest absolute Gasteiger partial charge is 0.493 e. The Morgan fingerprint density at radius 3 is 2.58 bits per heavy atom. The van der Waals surface area contributed by atoms with E-state index in [2.05, 4.69) is 13.5 Å². The second-order valence-corrected chi connectivity index (χ2v) is 7.10. The fraction of sp³-hybridized carbons (Fsp3) is 0.619. The third-order valence-corrected chi connectivity index (χ3v) is 5.23. The minimum atomic E-state index is -2.74. The summed E-state index contributed by atoms with van der Waals surface area (Å²) >= 11 is 0. The van der Waals surface area contributed by atoms with Crippen molar-refractivity contribution in [3.05, 3.63) is 36.9 Å². The minimum Gasteiger partial charge on any atom is -0.493 e. The second kappa shape index (κ2) is 9.89. The number of ether oxygens (including phenoxy) is 2. The van der Waals surface area contributed by atoms with E-state index in [0.29, 0.717) is 18.8 Å². The summed E-state index contributed by atoms with van der Waals surface area (Å²) in [5, 5.41) is 0. The van der Waals surface area contributed by atoms with Crippen LogP contribution in [-0.2, 0) is 0 Å². The Hall–Kier alpha value is -1.65. The molecule has 1 aliphatic carbocycles. The Morgan fingerprint density at radius 1 is 1.23 bits per heavy atom. The van der Waals surface area contributed by atoms with Gasteiger partial charge in [-0.25, -0.2) is 13.2 Å². The molecule has 2 rings (SSSR count). The Morgan fingerprint density at radius 2 is 1.96 bits per heavy atom. The van der Waals surface area contributed by atoms with Crippen LogP contribution in [0.4, 0.5) is 13.2 Å². The van der Waals surface area contributed by atoms with Crippen molar-refractivity contribution in [2.75, 3.05) is 6.61 Å². The first-order valence-electron chi connectivity index (χ1n) is 9.54. The van der Waals surface area contributed by atoms with Crippen LogP contribution in [0, 0.1) is 17.7 Å². The average molecular weight is 370 g/mol. The number of halogens is 3. The maximum atomic E-state index is 14.4. The average Bonchev–Trinajstić information content (AvgIpc) is 2.62. The fourth-order valence-electron chi connectivity index (χ4n) is 3.63. The first kappa shape index (κ1) is 20.7. The van der Waals surface area contributed by atoms with E-state index >= 15 is 0 Å². The van der Waals surface area contributed by atoms with Crippen LogP contribution < -0.4 is 9.47 Å². The molecule has 1 fully saturated rings. The van der Waals surface area contributed by atoms with E-state index in [1.165, 1.54) is 18.6 Å². The standard InChI is InChI=1S/C21H29F3O2/c1-3-5-6-16-7-9-17(10-8-16)21(23,24)13-14-26-18-11-12-20(25-4-2)19(22)15-18/h4,11-12,15-17H,2-3,5-10,13-14H2,1H3. The van der Waals surface area contributed by atoms with Gasteiger partial charge in [0, 0.05) is 18.4 Å². The first-order chi connectivity index (χ1) is 12.5. The molecule has 5 heteroatoms. The normalized spacial score (nSPS) is 20.6. The molecule has 0 bridgehead atoms. The SMILES string of the molecule is C=COc1ccc(OCCC(F)(F)C2CCC(CCCC)CC2)cc1F. The molecule has 0 aliphatic heterocycles. The summed E-state index contributed by atoms with van der Waals surface area (Å²) in [5.74, 6) is -3.06. The van der Waals surface area contributed by atoms with E-state index in [9.17, 15) is 13.2 Å². The molecular formula is C21H29F3O2. The maximum Gasteiger partial charge on any atom is 0.254 e. The fourth-order valence-corrected chi connectivity index (χ4v) is 3.63. The van der Waals surface area contributed by atoms with Crippen LogP contribution in [0.15, 0.2) is 31.0 Å². The lowest BCUT2D eigenvalue weighted by Gasteiger charge is -2.33. The van der Waals surface area contributed by atoms with E-state index in [-0.39, 0.29) is 24.5 Å². The van der Waals surface area contributed by atoms with Crippen molar-refractivity contribution in [2.45, 2.75) is 64.2 Å². The van der Waals surface area contributed by atoms with Crippen molar-refractivity contribution in [3.63, 3.8) is 0 Å². The predicted octanol–water partition coefficient (Wildman–Crippen LogP) is 6.75. The smallest absolute Gasteiger partial charge is 0.254 e. The highest BCUT2D eigenvalue weighted by atomic mass is 19.3. The molecule has 1 aliphatic rings. The van der Waals surface area contributed by atoms with Crippen molar-refractivity contribution in [1.29, 1.82) is 0 Å². The molecule has 1 saturated carbocycles. The Bertz CT molecular complexity index is 566. The summed E-state index contributed by atoms with van der Waals surface area (Å²) in [6.45, 7) is 5.38. The highest BCUT2D eigenvalue weighted by Crippen LogP contribution is 2.41. The van der Waals surface area contributed by atoms with Crippen molar-refractivity contribution in [2.24, 2.45) is 11.8 Å². The molecule has 0 heterocycles. The predicted molar refractivity (Wildman–Crippen MR) is 97.3 cm³/mol. The lowest BCUT2D eigenvalue weighted by molar-refractivity contribution is -0.0881. The van der Waals surface area contributed by atoms with E-state index in [0.717, 1.165) is 38.0 Å². The van der Waals surface area contributed by atoms with Crippen LogP contribution in [0.25, 0.3) is 0 Å². The summed E-state index contributed by atoms with van der Waals surface area (Å²) in [5.41, 5.74) is 0. The van der Waals surface area contributed by atoms with E-state index in [1.807, 2.05) is 0 Å².